The maximum Gasteiger partial charge on any atom is 0.141 e. The molecule has 1 heterocycles. The van der Waals surface area contributed by atoms with Crippen molar-refractivity contribution in [3.63, 3.8) is 0 Å². The Bertz CT molecular complexity index is 701. The van der Waals surface area contributed by atoms with Gasteiger partial charge in [-0.05, 0) is 24.3 Å². The molecule has 90 valence electrons. The van der Waals surface area contributed by atoms with Crippen LogP contribution in [0.1, 0.15) is 0 Å². The summed E-state index contributed by atoms with van der Waals surface area (Å²) in [4.78, 5) is 0. The molecule has 0 saturated heterocycles. The minimum atomic E-state index is 0.685. The van der Waals surface area contributed by atoms with E-state index >= 15 is 0 Å². The van der Waals surface area contributed by atoms with Gasteiger partial charge in [-0.3, -0.25) is 0 Å². The monoisotopic (exact) mass is 258 g/mol. The second kappa shape index (κ2) is 4.39. The minimum absolute atomic E-state index is 0.685. The molecule has 0 aliphatic rings. The number of ether oxygens (including phenoxy) is 1. The molecule has 2 nitrogen and oxygen atoms in total. The van der Waals surface area contributed by atoms with Crippen LogP contribution in [0.25, 0.3) is 22.1 Å². The van der Waals surface area contributed by atoms with Crippen molar-refractivity contribution in [2.45, 2.75) is 0 Å². The van der Waals surface area contributed by atoms with E-state index in [4.69, 9.17) is 20.8 Å². The van der Waals surface area contributed by atoms with Gasteiger partial charge in [0.1, 0.15) is 11.3 Å². The average Bonchev–Trinajstić information content (AvgIpc) is 2.85. The van der Waals surface area contributed by atoms with Crippen molar-refractivity contribution in [1.82, 2.24) is 0 Å². The normalized spacial score (nSPS) is 10.8. The summed E-state index contributed by atoms with van der Waals surface area (Å²) in [7, 11) is 1.66. The summed E-state index contributed by atoms with van der Waals surface area (Å²) in [5.74, 6) is 0.803. The summed E-state index contributed by atoms with van der Waals surface area (Å²) < 4.78 is 10.9. The fraction of sp³-hybridized carbons (Fsp3) is 0.0667. The van der Waals surface area contributed by atoms with E-state index < -0.39 is 0 Å². The molecular formula is C15H11ClO2. The van der Waals surface area contributed by atoms with E-state index in [1.807, 2.05) is 42.5 Å². The lowest BCUT2D eigenvalue weighted by Crippen LogP contribution is -1.87. The van der Waals surface area contributed by atoms with E-state index in [0.29, 0.717) is 5.02 Å². The molecule has 1 aromatic heterocycles. The standard InChI is InChI=1S/C15H11ClO2/c1-17-14-5-3-2-4-12(14)13-9-11(16)8-10-6-7-18-15(10)13/h2-9H,1H3. The van der Waals surface area contributed by atoms with Crippen molar-refractivity contribution in [2.24, 2.45) is 0 Å². The molecule has 0 fully saturated rings. The Morgan fingerprint density at radius 2 is 1.89 bits per heavy atom. The van der Waals surface area contributed by atoms with Gasteiger partial charge in [0.2, 0.25) is 0 Å². The molecule has 0 radical (unpaired) electrons. The second-order valence-electron chi connectivity index (χ2n) is 3.99. The summed E-state index contributed by atoms with van der Waals surface area (Å²) in [6.07, 6.45) is 1.67. The van der Waals surface area contributed by atoms with E-state index in [0.717, 1.165) is 27.8 Å². The van der Waals surface area contributed by atoms with Crippen molar-refractivity contribution < 1.29 is 9.15 Å². The molecule has 0 atom stereocenters. The molecule has 0 bridgehead atoms. The van der Waals surface area contributed by atoms with E-state index in [2.05, 4.69) is 0 Å². The average molecular weight is 259 g/mol. The number of furan rings is 1. The topological polar surface area (TPSA) is 22.4 Å². The molecule has 0 N–H and O–H groups in total. The van der Waals surface area contributed by atoms with Gasteiger partial charge in [0.05, 0.1) is 13.4 Å². The van der Waals surface area contributed by atoms with Crippen LogP contribution in [-0.2, 0) is 0 Å². The third kappa shape index (κ3) is 1.75. The lowest BCUT2D eigenvalue weighted by atomic mass is 10.0. The Morgan fingerprint density at radius 1 is 1.06 bits per heavy atom. The highest BCUT2D eigenvalue weighted by molar-refractivity contribution is 6.31. The third-order valence-electron chi connectivity index (χ3n) is 2.91. The fourth-order valence-electron chi connectivity index (χ4n) is 2.11. The van der Waals surface area contributed by atoms with Crippen molar-refractivity contribution in [1.29, 1.82) is 0 Å². The van der Waals surface area contributed by atoms with Crippen molar-refractivity contribution >= 4 is 22.6 Å². The number of benzene rings is 2. The largest absolute Gasteiger partial charge is 0.496 e. The summed E-state index contributed by atoms with van der Waals surface area (Å²) in [5.41, 5.74) is 2.74. The van der Waals surface area contributed by atoms with Crippen LogP contribution in [0.4, 0.5) is 0 Å². The number of rotatable bonds is 2. The van der Waals surface area contributed by atoms with E-state index in [-0.39, 0.29) is 0 Å². The molecule has 3 heteroatoms. The summed E-state index contributed by atoms with van der Waals surface area (Å²) in [6.45, 7) is 0. The Labute approximate surface area is 110 Å². The first-order valence-electron chi connectivity index (χ1n) is 5.60. The lowest BCUT2D eigenvalue weighted by molar-refractivity contribution is 0.416. The maximum atomic E-state index is 6.14. The SMILES string of the molecule is COc1ccccc1-c1cc(Cl)cc2ccoc12. The van der Waals surface area contributed by atoms with Crippen LogP contribution in [-0.4, -0.2) is 7.11 Å². The van der Waals surface area contributed by atoms with Gasteiger partial charge in [-0.2, -0.15) is 0 Å². The molecule has 0 unspecified atom stereocenters. The van der Waals surface area contributed by atoms with Gasteiger partial charge in [-0.15, -0.1) is 0 Å². The number of methoxy groups -OCH3 is 1. The van der Waals surface area contributed by atoms with Gasteiger partial charge in [-0.25, -0.2) is 0 Å². The summed E-state index contributed by atoms with van der Waals surface area (Å²) >= 11 is 6.14. The highest BCUT2D eigenvalue weighted by atomic mass is 35.5. The summed E-state index contributed by atoms with van der Waals surface area (Å²) in [5, 5.41) is 1.67. The fourth-order valence-corrected chi connectivity index (χ4v) is 2.34. The minimum Gasteiger partial charge on any atom is -0.496 e. The maximum absolute atomic E-state index is 6.14. The second-order valence-corrected chi connectivity index (χ2v) is 4.43. The number of hydrogen-bond acceptors (Lipinski definition) is 2. The molecule has 3 rings (SSSR count). The van der Waals surface area contributed by atoms with Gasteiger partial charge in [-0.1, -0.05) is 29.8 Å². The number of para-hydroxylation sites is 1. The van der Waals surface area contributed by atoms with Gasteiger partial charge < -0.3 is 9.15 Å². The Morgan fingerprint density at radius 3 is 2.72 bits per heavy atom. The molecule has 0 aliphatic heterocycles. The van der Waals surface area contributed by atoms with Gasteiger partial charge in [0.25, 0.3) is 0 Å². The van der Waals surface area contributed by atoms with Gasteiger partial charge in [0.15, 0.2) is 0 Å². The van der Waals surface area contributed by atoms with Crippen molar-refractivity contribution in [3.8, 4) is 16.9 Å². The quantitative estimate of drug-likeness (QED) is 0.661. The molecule has 0 saturated carbocycles. The first kappa shape index (κ1) is 11.2. The van der Waals surface area contributed by atoms with Crippen LogP contribution in [0.2, 0.25) is 5.02 Å². The number of hydrogen-bond donors (Lipinski definition) is 0. The third-order valence-corrected chi connectivity index (χ3v) is 3.13. The number of fused-ring (bicyclic) bond motifs is 1. The molecule has 2 aromatic carbocycles. The van der Waals surface area contributed by atoms with Gasteiger partial charge in [0, 0.05) is 21.5 Å². The smallest absolute Gasteiger partial charge is 0.141 e. The van der Waals surface area contributed by atoms with Crippen LogP contribution in [0.3, 0.4) is 0 Å². The predicted molar refractivity (Wildman–Crippen MR) is 73.2 cm³/mol. The highest BCUT2D eigenvalue weighted by Crippen LogP contribution is 2.37. The zero-order chi connectivity index (χ0) is 12.5. The van der Waals surface area contributed by atoms with Crippen LogP contribution in [0.5, 0.6) is 5.75 Å². The number of halogens is 1. The van der Waals surface area contributed by atoms with Crippen LogP contribution in [0.15, 0.2) is 53.1 Å². The lowest BCUT2D eigenvalue weighted by Gasteiger charge is -2.09. The van der Waals surface area contributed by atoms with E-state index in [1.165, 1.54) is 0 Å². The Hall–Kier alpha value is -1.93. The van der Waals surface area contributed by atoms with Crippen molar-refractivity contribution in [3.05, 3.63) is 53.8 Å². The van der Waals surface area contributed by atoms with Crippen LogP contribution >= 0.6 is 11.6 Å². The molecule has 0 aliphatic carbocycles. The van der Waals surface area contributed by atoms with Crippen molar-refractivity contribution in [2.75, 3.05) is 7.11 Å². The first-order chi connectivity index (χ1) is 8.79. The molecule has 18 heavy (non-hydrogen) atoms. The Kier molecular flexibility index (Phi) is 2.73. The van der Waals surface area contributed by atoms with E-state index in [1.54, 1.807) is 13.4 Å². The molecule has 3 aromatic rings. The molecular weight excluding hydrogens is 248 g/mol. The predicted octanol–water partition coefficient (Wildman–Crippen LogP) is 4.76. The van der Waals surface area contributed by atoms with Crippen LogP contribution in [0, 0.1) is 0 Å². The zero-order valence-electron chi connectivity index (χ0n) is 9.81. The molecule has 0 spiro atoms. The van der Waals surface area contributed by atoms with Gasteiger partial charge >= 0.3 is 0 Å². The Balaban J connectivity index is 2.34. The summed E-state index contributed by atoms with van der Waals surface area (Å²) in [6, 6.07) is 13.5. The first-order valence-corrected chi connectivity index (χ1v) is 5.97. The van der Waals surface area contributed by atoms with Crippen LogP contribution < -0.4 is 4.74 Å². The van der Waals surface area contributed by atoms with E-state index in [9.17, 15) is 0 Å². The highest BCUT2D eigenvalue weighted by Gasteiger charge is 2.12. The zero-order valence-corrected chi connectivity index (χ0v) is 10.6. The molecule has 0 amide bonds.